The second-order valence-corrected chi connectivity index (χ2v) is 5.90. The largest absolute Gasteiger partial charge is 0.273 e. The first kappa shape index (κ1) is 13.3. The summed E-state index contributed by atoms with van der Waals surface area (Å²) in [5.41, 5.74) is 0. The lowest BCUT2D eigenvalue weighted by molar-refractivity contribution is -0.116. The highest BCUT2D eigenvalue weighted by Gasteiger charge is 2.16. The van der Waals surface area contributed by atoms with Gasteiger partial charge in [0.1, 0.15) is 0 Å². The predicted octanol–water partition coefficient (Wildman–Crippen LogP) is 1.51. The van der Waals surface area contributed by atoms with Crippen molar-refractivity contribution in [3.8, 4) is 0 Å². The molecular weight excluding hydrogens is 270 g/mol. The van der Waals surface area contributed by atoms with Crippen molar-refractivity contribution >= 4 is 39.3 Å². The molecule has 1 aromatic carbocycles. The highest BCUT2D eigenvalue weighted by molar-refractivity contribution is 7.99. The van der Waals surface area contributed by atoms with E-state index in [9.17, 15) is 13.2 Å². The number of carbonyl (C=O) groups is 1. The van der Waals surface area contributed by atoms with Crippen molar-refractivity contribution in [1.29, 1.82) is 0 Å². The highest BCUT2D eigenvalue weighted by Crippen LogP contribution is 2.13. The fourth-order valence-corrected chi connectivity index (χ4v) is 2.52. The fourth-order valence-electron chi connectivity index (χ4n) is 0.983. The van der Waals surface area contributed by atoms with Gasteiger partial charge in [-0.15, -0.1) is 0 Å². The summed E-state index contributed by atoms with van der Waals surface area (Å²) in [6.07, 6.45) is 1.72. The minimum Gasteiger partial charge on any atom is -0.273 e. The lowest BCUT2D eigenvalue weighted by atomic mass is 10.4. The molecule has 0 radical (unpaired) electrons. The monoisotopic (exact) mass is 279 g/mol. The first-order valence-corrected chi connectivity index (χ1v) is 7.51. The number of carbonyl (C=O) groups excluding carboxylic acids is 1. The van der Waals surface area contributed by atoms with Gasteiger partial charge in [0.25, 0.3) is 10.0 Å². The molecule has 0 aromatic heterocycles. The molecule has 0 aliphatic carbocycles. The maximum absolute atomic E-state index is 11.6. The summed E-state index contributed by atoms with van der Waals surface area (Å²) in [7, 11) is -3.77. The Labute approximate surface area is 103 Å². The maximum atomic E-state index is 11.6. The number of thioether (sulfide) groups is 1. The minimum atomic E-state index is -3.77. The van der Waals surface area contributed by atoms with Crippen molar-refractivity contribution in [3.05, 3.63) is 29.3 Å². The van der Waals surface area contributed by atoms with Crippen LogP contribution in [-0.2, 0) is 14.8 Å². The molecule has 1 rings (SSSR count). The lowest BCUT2D eigenvalue weighted by Crippen LogP contribution is -2.31. The Balaban J connectivity index is 2.86. The van der Waals surface area contributed by atoms with Crippen molar-refractivity contribution in [1.82, 2.24) is 4.72 Å². The summed E-state index contributed by atoms with van der Waals surface area (Å²) < 4.78 is 25.3. The van der Waals surface area contributed by atoms with Crippen LogP contribution >= 0.6 is 23.4 Å². The van der Waals surface area contributed by atoms with Gasteiger partial charge >= 0.3 is 0 Å². The molecule has 0 aliphatic heterocycles. The van der Waals surface area contributed by atoms with Crippen LogP contribution in [0.25, 0.3) is 0 Å². The molecule has 0 saturated carbocycles. The third-order valence-electron chi connectivity index (χ3n) is 1.65. The molecule has 0 aliphatic rings. The van der Waals surface area contributed by atoms with Crippen LogP contribution in [-0.4, -0.2) is 26.3 Å². The number of hydrogen-bond acceptors (Lipinski definition) is 4. The molecule has 0 fully saturated rings. The van der Waals surface area contributed by atoms with E-state index in [2.05, 4.69) is 0 Å². The number of benzene rings is 1. The number of nitrogens with one attached hydrogen (secondary N) is 1. The molecule has 1 N–H and O–H groups in total. The Hall–Kier alpha value is -0.720. The normalized spacial score (nSPS) is 11.1. The Kier molecular flexibility index (Phi) is 4.64. The maximum Gasteiger partial charge on any atom is 0.264 e. The van der Waals surface area contributed by atoms with Crippen molar-refractivity contribution < 1.29 is 13.2 Å². The van der Waals surface area contributed by atoms with Crippen LogP contribution in [0.3, 0.4) is 0 Å². The lowest BCUT2D eigenvalue weighted by Gasteiger charge is -2.05. The van der Waals surface area contributed by atoms with E-state index in [1.807, 2.05) is 4.72 Å². The van der Waals surface area contributed by atoms with E-state index in [1.54, 1.807) is 6.26 Å². The van der Waals surface area contributed by atoms with Gasteiger partial charge in [-0.25, -0.2) is 13.1 Å². The van der Waals surface area contributed by atoms with Crippen molar-refractivity contribution in [3.63, 3.8) is 0 Å². The summed E-state index contributed by atoms with van der Waals surface area (Å²) in [6.45, 7) is 0. The number of rotatable bonds is 4. The fraction of sp³-hybridized carbons (Fsp3) is 0.222. The third-order valence-corrected chi connectivity index (χ3v) is 3.84. The van der Waals surface area contributed by atoms with Crippen LogP contribution in [0.2, 0.25) is 5.02 Å². The number of amides is 1. The zero-order valence-corrected chi connectivity index (χ0v) is 10.8. The average molecular weight is 280 g/mol. The quantitative estimate of drug-likeness (QED) is 0.907. The van der Waals surface area contributed by atoms with Gasteiger partial charge < -0.3 is 0 Å². The molecule has 16 heavy (non-hydrogen) atoms. The third kappa shape index (κ3) is 3.70. The summed E-state index contributed by atoms with van der Waals surface area (Å²) in [6, 6.07) is 5.60. The van der Waals surface area contributed by atoms with E-state index in [4.69, 9.17) is 11.6 Å². The van der Waals surface area contributed by atoms with E-state index in [-0.39, 0.29) is 10.6 Å². The Bertz CT molecular complexity index is 470. The number of halogens is 1. The molecule has 0 unspecified atom stereocenters. The van der Waals surface area contributed by atoms with Crippen LogP contribution in [0.1, 0.15) is 0 Å². The summed E-state index contributed by atoms with van der Waals surface area (Å²) in [4.78, 5) is 11.2. The van der Waals surface area contributed by atoms with Gasteiger partial charge in [-0.3, -0.25) is 4.79 Å². The van der Waals surface area contributed by atoms with Gasteiger partial charge in [-0.05, 0) is 30.5 Å². The molecule has 1 aromatic rings. The van der Waals surface area contributed by atoms with Gasteiger partial charge in [0.15, 0.2) is 0 Å². The Morgan fingerprint density at radius 1 is 1.38 bits per heavy atom. The van der Waals surface area contributed by atoms with Crippen LogP contribution in [0.15, 0.2) is 29.2 Å². The van der Waals surface area contributed by atoms with E-state index < -0.39 is 15.9 Å². The zero-order chi connectivity index (χ0) is 12.2. The van der Waals surface area contributed by atoms with Gasteiger partial charge in [0.05, 0.1) is 10.6 Å². The molecule has 88 valence electrons. The van der Waals surface area contributed by atoms with Crippen LogP contribution in [0.5, 0.6) is 0 Å². The van der Waals surface area contributed by atoms with E-state index in [1.165, 1.54) is 36.0 Å². The molecule has 0 heterocycles. The standard InChI is InChI=1S/C9H10ClNO3S2/c1-15-6-9(12)11-16(13,14)8-4-2-7(10)3-5-8/h2-5H,6H2,1H3,(H,11,12). The first-order chi connectivity index (χ1) is 7.45. The molecule has 0 saturated heterocycles. The second kappa shape index (κ2) is 5.56. The van der Waals surface area contributed by atoms with Crippen LogP contribution < -0.4 is 4.72 Å². The predicted molar refractivity (Wildman–Crippen MR) is 65.2 cm³/mol. The van der Waals surface area contributed by atoms with Crippen molar-refractivity contribution in [2.75, 3.05) is 12.0 Å². The van der Waals surface area contributed by atoms with E-state index in [0.717, 1.165) is 0 Å². The second-order valence-electron chi connectivity index (χ2n) is 2.92. The van der Waals surface area contributed by atoms with Crippen LogP contribution in [0, 0.1) is 0 Å². The van der Waals surface area contributed by atoms with Crippen molar-refractivity contribution in [2.45, 2.75) is 4.90 Å². The van der Waals surface area contributed by atoms with Gasteiger partial charge in [-0.2, -0.15) is 11.8 Å². The van der Waals surface area contributed by atoms with Crippen molar-refractivity contribution in [2.24, 2.45) is 0 Å². The Morgan fingerprint density at radius 3 is 2.44 bits per heavy atom. The summed E-state index contributed by atoms with van der Waals surface area (Å²) in [5.74, 6) is -0.435. The highest BCUT2D eigenvalue weighted by atomic mass is 35.5. The van der Waals surface area contributed by atoms with E-state index >= 15 is 0 Å². The molecular formula is C9H10ClNO3S2. The first-order valence-electron chi connectivity index (χ1n) is 4.26. The zero-order valence-electron chi connectivity index (χ0n) is 8.44. The number of hydrogen-bond donors (Lipinski definition) is 1. The van der Waals surface area contributed by atoms with Gasteiger partial charge in [0, 0.05) is 5.02 Å². The SMILES string of the molecule is CSCC(=O)NS(=O)(=O)c1ccc(Cl)cc1. The number of sulfonamides is 1. The topological polar surface area (TPSA) is 63.2 Å². The van der Waals surface area contributed by atoms with Gasteiger partial charge in [-0.1, -0.05) is 11.6 Å². The minimum absolute atomic E-state index is 0.0198. The van der Waals surface area contributed by atoms with E-state index in [0.29, 0.717) is 5.02 Å². The molecule has 0 bridgehead atoms. The molecule has 1 amide bonds. The molecule has 7 heteroatoms. The van der Waals surface area contributed by atoms with Gasteiger partial charge in [0.2, 0.25) is 5.91 Å². The Morgan fingerprint density at radius 2 is 1.94 bits per heavy atom. The smallest absolute Gasteiger partial charge is 0.264 e. The molecule has 4 nitrogen and oxygen atoms in total. The summed E-state index contributed by atoms with van der Waals surface area (Å²) in [5, 5.41) is 0.439. The van der Waals surface area contributed by atoms with Crippen LogP contribution in [0.4, 0.5) is 0 Å². The summed E-state index contributed by atoms with van der Waals surface area (Å²) >= 11 is 6.88. The average Bonchev–Trinajstić information content (AvgIpc) is 2.17. The molecule has 0 atom stereocenters. The molecule has 0 spiro atoms.